The Hall–Kier alpha value is -1.85. The first-order valence-corrected chi connectivity index (χ1v) is 10.6. The quantitative estimate of drug-likeness (QED) is 0.275. The monoisotopic (exact) mass is 532 g/mol. The first-order valence-electron chi connectivity index (χ1n) is 9.07. The largest absolute Gasteiger partial charge is 0.489 e. The number of sulfonamides is 1. The Morgan fingerprint density at radius 2 is 1.86 bits per heavy atom. The molecule has 0 bridgehead atoms. The van der Waals surface area contributed by atoms with Gasteiger partial charge in [0, 0.05) is 13.6 Å². The van der Waals surface area contributed by atoms with Gasteiger partial charge in [-0.15, -0.1) is 24.0 Å². The van der Waals surface area contributed by atoms with Gasteiger partial charge in [0.15, 0.2) is 5.96 Å². The Labute approximate surface area is 190 Å². The van der Waals surface area contributed by atoms with Crippen LogP contribution in [0.5, 0.6) is 5.75 Å². The minimum atomic E-state index is -3.65. The maximum atomic E-state index is 11.3. The molecule has 1 unspecified atom stereocenters. The molecular formula is C20H29IN4O3S. The van der Waals surface area contributed by atoms with Crippen LogP contribution in [0.2, 0.25) is 0 Å². The Morgan fingerprint density at radius 1 is 1.17 bits per heavy atom. The third-order valence-corrected chi connectivity index (χ3v) is 4.99. The van der Waals surface area contributed by atoms with Crippen molar-refractivity contribution in [1.29, 1.82) is 0 Å². The van der Waals surface area contributed by atoms with E-state index in [0.717, 1.165) is 23.3 Å². The van der Waals surface area contributed by atoms with Gasteiger partial charge in [-0.25, -0.2) is 13.6 Å². The summed E-state index contributed by atoms with van der Waals surface area (Å²) in [5, 5.41) is 11.6. The molecule has 0 amide bonds. The van der Waals surface area contributed by atoms with E-state index in [2.05, 4.69) is 15.6 Å². The van der Waals surface area contributed by atoms with E-state index in [-0.39, 0.29) is 35.0 Å². The molecule has 0 aliphatic heterocycles. The Morgan fingerprint density at radius 3 is 2.45 bits per heavy atom. The van der Waals surface area contributed by atoms with Crippen molar-refractivity contribution in [2.75, 3.05) is 20.1 Å². The fourth-order valence-electron chi connectivity index (χ4n) is 2.59. The second-order valence-corrected chi connectivity index (χ2v) is 8.13. The van der Waals surface area contributed by atoms with Crippen LogP contribution in [-0.4, -0.2) is 40.6 Å². The summed E-state index contributed by atoms with van der Waals surface area (Å²) in [7, 11) is -1.94. The molecule has 0 aromatic heterocycles. The highest BCUT2D eigenvalue weighted by Gasteiger charge is 2.08. The van der Waals surface area contributed by atoms with Crippen LogP contribution in [0.3, 0.4) is 0 Å². The van der Waals surface area contributed by atoms with Crippen molar-refractivity contribution in [3.63, 3.8) is 0 Å². The van der Waals surface area contributed by atoms with E-state index >= 15 is 0 Å². The summed E-state index contributed by atoms with van der Waals surface area (Å²) >= 11 is 0. The second kappa shape index (κ2) is 12.0. The minimum absolute atomic E-state index is 0. The fraction of sp³-hybridized carbons (Fsp3) is 0.350. The van der Waals surface area contributed by atoms with Crippen LogP contribution in [0.15, 0.2) is 58.4 Å². The number of aryl methyl sites for hydroxylation is 1. The van der Waals surface area contributed by atoms with E-state index in [1.807, 2.05) is 38.1 Å². The zero-order chi connectivity index (χ0) is 20.6. The highest BCUT2D eigenvalue weighted by molar-refractivity contribution is 14.0. The van der Waals surface area contributed by atoms with Gasteiger partial charge in [-0.1, -0.05) is 24.3 Å². The molecule has 160 valence electrons. The van der Waals surface area contributed by atoms with Crippen LogP contribution in [-0.2, 0) is 16.4 Å². The normalized spacial score (nSPS) is 12.6. The number of nitrogens with two attached hydrogens (primary N) is 1. The lowest BCUT2D eigenvalue weighted by atomic mass is 10.1. The molecule has 0 fully saturated rings. The number of halogens is 1. The summed E-state index contributed by atoms with van der Waals surface area (Å²) in [5.41, 5.74) is 2.17. The number of primary sulfonamides is 1. The molecule has 9 heteroatoms. The van der Waals surface area contributed by atoms with Gasteiger partial charge >= 0.3 is 0 Å². The average molecular weight is 532 g/mol. The van der Waals surface area contributed by atoms with Crippen molar-refractivity contribution in [1.82, 2.24) is 10.6 Å². The molecule has 0 saturated carbocycles. The topological polar surface area (TPSA) is 106 Å². The Kier molecular flexibility index (Phi) is 10.4. The van der Waals surface area contributed by atoms with Crippen molar-refractivity contribution in [3.8, 4) is 5.75 Å². The zero-order valence-corrected chi connectivity index (χ0v) is 20.0. The molecule has 2 aromatic rings. The summed E-state index contributed by atoms with van der Waals surface area (Å²) < 4.78 is 28.5. The lowest BCUT2D eigenvalue weighted by Gasteiger charge is -2.18. The summed E-state index contributed by atoms with van der Waals surface area (Å²) in [5.74, 6) is 1.53. The van der Waals surface area contributed by atoms with Gasteiger partial charge in [-0.05, 0) is 55.7 Å². The molecule has 0 heterocycles. The molecule has 1 atom stereocenters. The van der Waals surface area contributed by atoms with Gasteiger partial charge in [0.25, 0.3) is 0 Å². The number of nitrogens with zero attached hydrogens (tertiary/aromatic N) is 1. The van der Waals surface area contributed by atoms with Crippen molar-refractivity contribution in [3.05, 3.63) is 59.7 Å². The minimum Gasteiger partial charge on any atom is -0.489 e. The molecule has 0 aliphatic rings. The maximum absolute atomic E-state index is 11.3. The van der Waals surface area contributed by atoms with Crippen molar-refractivity contribution in [2.24, 2.45) is 10.1 Å². The molecule has 0 spiro atoms. The molecule has 7 nitrogen and oxygen atoms in total. The zero-order valence-electron chi connectivity index (χ0n) is 16.9. The number of hydrogen-bond acceptors (Lipinski definition) is 4. The van der Waals surface area contributed by atoms with Gasteiger partial charge < -0.3 is 15.4 Å². The van der Waals surface area contributed by atoms with Crippen molar-refractivity contribution < 1.29 is 13.2 Å². The number of hydrogen-bond donors (Lipinski definition) is 3. The summed E-state index contributed by atoms with van der Waals surface area (Å²) in [6.07, 6.45) is 0.701. The van der Waals surface area contributed by atoms with Gasteiger partial charge in [-0.3, -0.25) is 4.99 Å². The predicted octanol–water partition coefficient (Wildman–Crippen LogP) is 2.44. The number of ether oxygens (including phenoxy) is 1. The van der Waals surface area contributed by atoms with E-state index in [0.29, 0.717) is 19.0 Å². The molecule has 0 saturated heterocycles. The van der Waals surface area contributed by atoms with Crippen molar-refractivity contribution >= 4 is 40.0 Å². The molecule has 2 rings (SSSR count). The molecule has 29 heavy (non-hydrogen) atoms. The summed E-state index contributed by atoms with van der Waals surface area (Å²) in [4.78, 5) is 4.32. The molecular weight excluding hydrogens is 503 g/mol. The van der Waals surface area contributed by atoms with Gasteiger partial charge in [-0.2, -0.15) is 0 Å². The van der Waals surface area contributed by atoms with Crippen molar-refractivity contribution in [2.45, 2.75) is 31.3 Å². The van der Waals surface area contributed by atoms with Crippen LogP contribution in [0.4, 0.5) is 0 Å². The number of aliphatic imine (C=N–C) groups is 1. The summed E-state index contributed by atoms with van der Waals surface area (Å²) in [6.45, 7) is 5.29. The Bertz CT molecular complexity index is 902. The van der Waals surface area contributed by atoms with E-state index < -0.39 is 10.0 Å². The van der Waals surface area contributed by atoms with E-state index in [1.54, 1.807) is 19.2 Å². The maximum Gasteiger partial charge on any atom is 0.238 e. The smallest absolute Gasteiger partial charge is 0.238 e. The van der Waals surface area contributed by atoms with Crippen LogP contribution < -0.4 is 20.5 Å². The third kappa shape index (κ3) is 9.01. The fourth-order valence-corrected chi connectivity index (χ4v) is 3.11. The molecule has 0 radical (unpaired) electrons. The SMILES string of the molecule is CN=C(NCCc1ccc(S(N)(=O)=O)cc1)NCC(C)Oc1cccc(C)c1.I. The van der Waals surface area contributed by atoms with Crippen LogP contribution >= 0.6 is 24.0 Å². The average Bonchev–Trinajstić information content (AvgIpc) is 2.64. The standard InChI is InChI=1S/C20H28N4O3S.HI/c1-15-5-4-6-18(13-15)27-16(2)14-24-20(22-3)23-12-11-17-7-9-19(10-8-17)28(21,25)26;/h4-10,13,16H,11-12,14H2,1-3H3,(H2,21,25,26)(H2,22,23,24);1H. The van der Waals surface area contributed by atoms with Crippen LogP contribution in [0, 0.1) is 6.92 Å². The lowest BCUT2D eigenvalue weighted by molar-refractivity contribution is 0.223. The number of nitrogens with one attached hydrogen (secondary N) is 2. The van der Waals surface area contributed by atoms with E-state index in [1.165, 1.54) is 12.1 Å². The number of rotatable bonds is 8. The predicted molar refractivity (Wildman–Crippen MR) is 128 cm³/mol. The van der Waals surface area contributed by atoms with Crippen LogP contribution in [0.1, 0.15) is 18.1 Å². The van der Waals surface area contributed by atoms with Crippen LogP contribution in [0.25, 0.3) is 0 Å². The van der Waals surface area contributed by atoms with Gasteiger partial charge in [0.2, 0.25) is 10.0 Å². The lowest BCUT2D eigenvalue weighted by Crippen LogP contribution is -2.42. The molecule has 0 aliphatic carbocycles. The molecule has 4 N–H and O–H groups in total. The van der Waals surface area contributed by atoms with E-state index in [9.17, 15) is 8.42 Å². The van der Waals surface area contributed by atoms with Gasteiger partial charge in [0.1, 0.15) is 11.9 Å². The molecule has 2 aromatic carbocycles. The first kappa shape index (κ1) is 25.2. The Balaban J connectivity index is 0.00000420. The number of guanidine groups is 1. The second-order valence-electron chi connectivity index (χ2n) is 6.56. The number of benzene rings is 2. The van der Waals surface area contributed by atoms with E-state index in [4.69, 9.17) is 9.88 Å². The summed E-state index contributed by atoms with van der Waals surface area (Å²) in [6, 6.07) is 14.5. The van der Waals surface area contributed by atoms with Gasteiger partial charge in [0.05, 0.1) is 11.4 Å². The third-order valence-electron chi connectivity index (χ3n) is 4.07. The highest BCUT2D eigenvalue weighted by Crippen LogP contribution is 2.13. The highest BCUT2D eigenvalue weighted by atomic mass is 127. The first-order chi connectivity index (χ1) is 13.3.